The van der Waals surface area contributed by atoms with Crippen LogP contribution in [0.2, 0.25) is 0 Å². The van der Waals surface area contributed by atoms with Gasteiger partial charge in [-0.3, -0.25) is 19.3 Å². The molecule has 0 N–H and O–H groups in total. The quantitative estimate of drug-likeness (QED) is 0.682. The van der Waals surface area contributed by atoms with E-state index in [0.29, 0.717) is 32.4 Å². The van der Waals surface area contributed by atoms with Crippen molar-refractivity contribution in [2.24, 2.45) is 5.41 Å². The van der Waals surface area contributed by atoms with Crippen LogP contribution in [0, 0.1) is 5.41 Å². The van der Waals surface area contributed by atoms with Gasteiger partial charge in [0, 0.05) is 32.4 Å². The van der Waals surface area contributed by atoms with E-state index in [1.807, 2.05) is 20.8 Å². The predicted molar refractivity (Wildman–Crippen MR) is 65.5 cm³/mol. The van der Waals surface area contributed by atoms with E-state index in [2.05, 4.69) is 0 Å². The van der Waals surface area contributed by atoms with Crippen LogP contribution in [0.1, 0.15) is 40.0 Å². The number of rotatable bonds is 2. The van der Waals surface area contributed by atoms with Gasteiger partial charge in [0.25, 0.3) is 0 Å². The van der Waals surface area contributed by atoms with Gasteiger partial charge < -0.3 is 4.90 Å². The summed E-state index contributed by atoms with van der Waals surface area (Å²) >= 11 is 0. The number of nitrogens with zero attached hydrogens (tertiary/aromatic N) is 2. The summed E-state index contributed by atoms with van der Waals surface area (Å²) in [6, 6.07) is -0.0866. The normalized spacial score (nSPS) is 21.5. The van der Waals surface area contributed by atoms with Crippen LogP contribution < -0.4 is 0 Å². The molecule has 0 aromatic heterocycles. The average Bonchev–Trinajstić information content (AvgIpc) is 2.43. The molecule has 2 aliphatic heterocycles. The maximum Gasteiger partial charge on any atom is 0.230 e. The van der Waals surface area contributed by atoms with Crippen LogP contribution in [-0.2, 0) is 14.4 Å². The van der Waals surface area contributed by atoms with Gasteiger partial charge in [-0.05, 0) is 5.41 Å². The smallest absolute Gasteiger partial charge is 0.230 e. The fraction of sp³-hybridized carbons (Fsp3) is 0.769. The Balaban J connectivity index is 1.85. The molecule has 3 amide bonds. The van der Waals surface area contributed by atoms with E-state index in [-0.39, 0.29) is 29.2 Å². The largest absolute Gasteiger partial charge is 0.338 e. The fourth-order valence-electron chi connectivity index (χ4n) is 2.39. The molecular formula is C13H20N2O3. The monoisotopic (exact) mass is 252 g/mol. The van der Waals surface area contributed by atoms with Crippen molar-refractivity contribution in [2.45, 2.75) is 46.1 Å². The van der Waals surface area contributed by atoms with Gasteiger partial charge in [0.05, 0.1) is 6.04 Å². The zero-order chi connectivity index (χ0) is 13.5. The minimum absolute atomic E-state index is 0.0263. The summed E-state index contributed by atoms with van der Waals surface area (Å²) in [7, 11) is 0. The molecule has 0 aromatic rings. The Hall–Kier alpha value is -1.39. The van der Waals surface area contributed by atoms with Crippen LogP contribution in [0.5, 0.6) is 0 Å². The van der Waals surface area contributed by atoms with Crippen molar-refractivity contribution in [3.05, 3.63) is 0 Å². The van der Waals surface area contributed by atoms with Crippen molar-refractivity contribution in [2.75, 3.05) is 13.1 Å². The van der Waals surface area contributed by atoms with Crippen LogP contribution in [-0.4, -0.2) is 46.7 Å². The van der Waals surface area contributed by atoms with Gasteiger partial charge in [0.2, 0.25) is 17.7 Å². The first-order chi connectivity index (χ1) is 8.28. The number of amides is 3. The van der Waals surface area contributed by atoms with Crippen LogP contribution in [0.4, 0.5) is 0 Å². The van der Waals surface area contributed by atoms with Crippen LogP contribution in [0.3, 0.4) is 0 Å². The van der Waals surface area contributed by atoms with Crippen LogP contribution in [0.25, 0.3) is 0 Å². The molecule has 5 nitrogen and oxygen atoms in total. The summed E-state index contributed by atoms with van der Waals surface area (Å²) in [4.78, 5) is 38.0. The molecule has 0 aliphatic carbocycles. The first-order valence-electron chi connectivity index (χ1n) is 6.40. The standard InChI is InChI=1S/C13H20N2O3/c1-13(2,3)6-12(18)14-7-9(8-14)15-10(16)4-5-11(15)17/h9H,4-8H2,1-3H3. The number of hydrogen-bond donors (Lipinski definition) is 0. The number of carbonyl (C=O) groups excluding carboxylic acids is 3. The van der Waals surface area contributed by atoms with Crippen molar-refractivity contribution in [1.29, 1.82) is 0 Å². The SMILES string of the molecule is CC(C)(C)CC(=O)N1CC(N2C(=O)CCC2=O)C1. The number of carbonyl (C=O) groups is 3. The zero-order valence-electron chi connectivity index (χ0n) is 11.2. The molecule has 0 saturated carbocycles. The Morgan fingerprint density at radius 2 is 1.67 bits per heavy atom. The molecule has 5 heteroatoms. The molecule has 18 heavy (non-hydrogen) atoms. The summed E-state index contributed by atoms with van der Waals surface area (Å²) in [6.07, 6.45) is 1.15. The highest BCUT2D eigenvalue weighted by Gasteiger charge is 2.42. The Morgan fingerprint density at radius 1 is 1.17 bits per heavy atom. The van der Waals surface area contributed by atoms with Gasteiger partial charge in [0.15, 0.2) is 0 Å². The Kier molecular flexibility index (Phi) is 3.17. The second kappa shape index (κ2) is 4.37. The first-order valence-corrected chi connectivity index (χ1v) is 6.40. The van der Waals surface area contributed by atoms with Gasteiger partial charge in [-0.15, -0.1) is 0 Å². The van der Waals surface area contributed by atoms with E-state index >= 15 is 0 Å². The summed E-state index contributed by atoms with van der Waals surface area (Å²) in [5.41, 5.74) is -0.0263. The maximum atomic E-state index is 11.9. The first kappa shape index (κ1) is 13.1. The third-order valence-electron chi connectivity index (χ3n) is 3.35. The van der Waals surface area contributed by atoms with Crippen molar-refractivity contribution < 1.29 is 14.4 Å². The molecule has 2 rings (SSSR count). The molecule has 2 heterocycles. The molecule has 2 saturated heterocycles. The Labute approximate surface area is 107 Å². The van der Waals surface area contributed by atoms with Gasteiger partial charge >= 0.3 is 0 Å². The molecular weight excluding hydrogens is 232 g/mol. The number of likely N-dealkylation sites (tertiary alicyclic amines) is 2. The molecule has 0 radical (unpaired) electrons. The van der Waals surface area contributed by atoms with Gasteiger partial charge in [-0.25, -0.2) is 0 Å². The highest BCUT2D eigenvalue weighted by Crippen LogP contribution is 2.26. The molecule has 100 valence electrons. The summed E-state index contributed by atoms with van der Waals surface area (Å²) < 4.78 is 0. The second-order valence-electron chi connectivity index (χ2n) is 6.35. The lowest BCUT2D eigenvalue weighted by Crippen LogP contribution is -2.62. The van der Waals surface area contributed by atoms with Gasteiger partial charge in [-0.1, -0.05) is 20.8 Å². The summed E-state index contributed by atoms with van der Waals surface area (Å²) in [5.74, 6) is -0.0707. The number of hydrogen-bond acceptors (Lipinski definition) is 3. The lowest BCUT2D eigenvalue weighted by atomic mass is 9.90. The lowest BCUT2D eigenvalue weighted by molar-refractivity contribution is -0.152. The zero-order valence-corrected chi connectivity index (χ0v) is 11.2. The molecule has 0 aromatic carbocycles. The Bertz CT molecular complexity index is 376. The molecule has 2 aliphatic rings. The summed E-state index contributed by atoms with van der Waals surface area (Å²) in [5, 5.41) is 0. The third kappa shape index (κ3) is 2.54. The third-order valence-corrected chi connectivity index (χ3v) is 3.35. The van der Waals surface area contributed by atoms with Crippen molar-refractivity contribution in [3.8, 4) is 0 Å². The molecule has 0 bridgehead atoms. The fourth-order valence-corrected chi connectivity index (χ4v) is 2.39. The molecule has 0 atom stereocenters. The number of imide groups is 1. The van der Waals surface area contributed by atoms with Gasteiger partial charge in [-0.2, -0.15) is 0 Å². The topological polar surface area (TPSA) is 57.7 Å². The minimum Gasteiger partial charge on any atom is -0.338 e. The molecule has 0 unspecified atom stereocenters. The van der Waals surface area contributed by atoms with Crippen LogP contribution in [0.15, 0.2) is 0 Å². The van der Waals surface area contributed by atoms with E-state index in [4.69, 9.17) is 0 Å². The van der Waals surface area contributed by atoms with Crippen molar-refractivity contribution >= 4 is 17.7 Å². The minimum atomic E-state index is -0.0899. The highest BCUT2D eigenvalue weighted by molar-refractivity contribution is 6.02. The average molecular weight is 252 g/mol. The van der Waals surface area contributed by atoms with E-state index in [9.17, 15) is 14.4 Å². The maximum absolute atomic E-state index is 11.9. The Morgan fingerprint density at radius 3 is 2.11 bits per heavy atom. The predicted octanol–water partition coefficient (Wildman–Crippen LogP) is 0.782. The van der Waals surface area contributed by atoms with Crippen molar-refractivity contribution in [1.82, 2.24) is 9.80 Å². The molecule has 2 fully saturated rings. The van der Waals surface area contributed by atoms with Gasteiger partial charge in [0.1, 0.15) is 0 Å². The van der Waals surface area contributed by atoms with E-state index in [1.165, 1.54) is 4.90 Å². The molecule has 0 spiro atoms. The van der Waals surface area contributed by atoms with Crippen molar-refractivity contribution in [3.63, 3.8) is 0 Å². The van der Waals surface area contributed by atoms with E-state index in [1.54, 1.807) is 4.90 Å². The van der Waals surface area contributed by atoms with E-state index in [0.717, 1.165) is 0 Å². The summed E-state index contributed by atoms with van der Waals surface area (Å²) in [6.45, 7) is 7.08. The lowest BCUT2D eigenvalue weighted by Gasteiger charge is -2.43. The van der Waals surface area contributed by atoms with E-state index < -0.39 is 0 Å². The van der Waals surface area contributed by atoms with Crippen LogP contribution >= 0.6 is 0 Å². The second-order valence-corrected chi connectivity index (χ2v) is 6.35. The highest BCUT2D eigenvalue weighted by atomic mass is 16.2.